The van der Waals surface area contributed by atoms with Crippen molar-refractivity contribution < 1.29 is 9.59 Å². The van der Waals surface area contributed by atoms with E-state index >= 15 is 0 Å². The first-order chi connectivity index (χ1) is 11.6. The van der Waals surface area contributed by atoms with E-state index in [1.807, 2.05) is 0 Å². The van der Waals surface area contributed by atoms with E-state index in [0.29, 0.717) is 0 Å². The largest absolute Gasteiger partial charge is 0.366 e. The van der Waals surface area contributed by atoms with Crippen LogP contribution in [-0.2, 0) is 0 Å². The number of hydrogen-bond donors (Lipinski definition) is 3. The molecule has 2 aromatic carbocycles. The fraction of sp³-hybridized carbons (Fsp3) is 0. The van der Waals surface area contributed by atoms with Gasteiger partial charge in [0.25, 0.3) is 22.9 Å². The SMILES string of the molecule is NC(=O)c1c(Br)c(Br)c(C(N)=O)c2c3c(Br)c(Br)c(c(=O)[nH]c3=O)c12. The maximum atomic E-state index is 12.5. The fourth-order valence-electron chi connectivity index (χ4n) is 2.75. The van der Waals surface area contributed by atoms with Crippen molar-refractivity contribution in [1.82, 2.24) is 4.98 Å². The Morgan fingerprint density at radius 3 is 1.24 bits per heavy atom. The Bertz CT molecular complexity index is 1140. The van der Waals surface area contributed by atoms with Gasteiger partial charge >= 0.3 is 0 Å². The van der Waals surface area contributed by atoms with Crippen molar-refractivity contribution in [2.45, 2.75) is 0 Å². The van der Waals surface area contributed by atoms with Gasteiger partial charge < -0.3 is 11.5 Å². The Labute approximate surface area is 172 Å². The van der Waals surface area contributed by atoms with Gasteiger partial charge in [0.15, 0.2) is 0 Å². The molecule has 2 heterocycles. The highest BCUT2D eigenvalue weighted by Gasteiger charge is 2.29. The lowest BCUT2D eigenvalue weighted by molar-refractivity contribution is 0.0989. The summed E-state index contributed by atoms with van der Waals surface area (Å²) in [4.78, 5) is 51.3. The highest BCUT2D eigenvalue weighted by atomic mass is 79.9. The van der Waals surface area contributed by atoms with E-state index in [-0.39, 0.29) is 50.6 Å². The second-order valence-corrected chi connectivity index (χ2v) is 8.19. The molecule has 0 fully saturated rings. The number of rotatable bonds is 2. The highest BCUT2D eigenvalue weighted by molar-refractivity contribution is 9.13. The average Bonchev–Trinajstić information content (AvgIpc) is 2.64. The van der Waals surface area contributed by atoms with Gasteiger partial charge in [-0.2, -0.15) is 0 Å². The monoisotopic (exact) mass is 595 g/mol. The molecule has 11 heteroatoms. The number of carbonyl (C=O) groups excluding carboxylic acids is 2. The Kier molecular flexibility index (Phi) is 4.55. The number of amides is 2. The molecule has 128 valence electrons. The molecule has 0 aliphatic rings. The van der Waals surface area contributed by atoms with E-state index in [1.54, 1.807) is 0 Å². The van der Waals surface area contributed by atoms with Crippen LogP contribution in [0.5, 0.6) is 0 Å². The second kappa shape index (κ2) is 6.15. The van der Waals surface area contributed by atoms with Gasteiger partial charge in [-0.15, -0.1) is 0 Å². The molecule has 2 amide bonds. The number of halogens is 4. The van der Waals surface area contributed by atoms with Crippen LogP contribution in [0.4, 0.5) is 0 Å². The van der Waals surface area contributed by atoms with Gasteiger partial charge in [0, 0.05) is 28.7 Å². The van der Waals surface area contributed by atoms with Crippen LogP contribution >= 0.6 is 63.7 Å². The van der Waals surface area contributed by atoms with Crippen molar-refractivity contribution in [2.24, 2.45) is 11.5 Å². The molecule has 7 nitrogen and oxygen atoms in total. The lowest BCUT2D eigenvalue weighted by atomic mass is 9.94. The molecule has 0 radical (unpaired) electrons. The van der Waals surface area contributed by atoms with Gasteiger partial charge in [-0.25, -0.2) is 0 Å². The lowest BCUT2D eigenvalue weighted by Gasteiger charge is -2.15. The van der Waals surface area contributed by atoms with Gasteiger partial charge in [-0.05, 0) is 63.7 Å². The number of benzene rings is 2. The third-order valence-corrected chi connectivity index (χ3v) is 7.92. The Hall–Kier alpha value is -1.30. The average molecular weight is 599 g/mol. The molecule has 25 heavy (non-hydrogen) atoms. The predicted molar refractivity (Wildman–Crippen MR) is 107 cm³/mol. The number of hydrogen-bond acceptors (Lipinski definition) is 4. The normalized spacial score (nSPS) is 11.4. The first-order valence-corrected chi connectivity index (χ1v) is 9.57. The summed E-state index contributed by atoms with van der Waals surface area (Å²) in [7, 11) is 0. The molecular weight excluding hydrogens is 594 g/mol. The van der Waals surface area contributed by atoms with Crippen molar-refractivity contribution in [3.8, 4) is 0 Å². The van der Waals surface area contributed by atoms with E-state index in [9.17, 15) is 19.2 Å². The third kappa shape index (κ3) is 2.47. The topological polar surface area (TPSA) is 136 Å². The van der Waals surface area contributed by atoms with Crippen LogP contribution in [0.15, 0.2) is 27.5 Å². The Morgan fingerprint density at radius 2 is 0.960 bits per heavy atom. The van der Waals surface area contributed by atoms with Crippen molar-refractivity contribution in [1.29, 1.82) is 0 Å². The number of aromatic amines is 1. The summed E-state index contributed by atoms with van der Waals surface area (Å²) in [5.74, 6) is -1.70. The number of nitrogens with one attached hydrogen (secondary N) is 1. The summed E-state index contributed by atoms with van der Waals surface area (Å²) < 4.78 is 0.825. The van der Waals surface area contributed by atoms with E-state index in [1.165, 1.54) is 0 Å². The summed E-state index contributed by atoms with van der Waals surface area (Å²) in [6.45, 7) is 0. The molecule has 0 aliphatic carbocycles. The maximum Gasteiger partial charge on any atom is 0.259 e. The molecule has 4 aromatic rings. The first kappa shape index (κ1) is 18.5. The minimum atomic E-state index is -0.850. The van der Waals surface area contributed by atoms with E-state index < -0.39 is 22.9 Å². The van der Waals surface area contributed by atoms with Crippen molar-refractivity contribution in [3.63, 3.8) is 0 Å². The minimum Gasteiger partial charge on any atom is -0.366 e. The fourth-order valence-corrected chi connectivity index (χ4v) is 5.08. The van der Waals surface area contributed by atoms with Crippen molar-refractivity contribution in [3.05, 3.63) is 49.7 Å². The molecule has 4 rings (SSSR count). The van der Waals surface area contributed by atoms with E-state index in [0.717, 1.165) is 0 Å². The zero-order chi connectivity index (χ0) is 18.8. The summed E-state index contributed by atoms with van der Waals surface area (Å²) in [6, 6.07) is 0. The molecule has 2 bridgehead atoms. The molecule has 0 unspecified atom stereocenters. The molecule has 0 saturated carbocycles. The highest BCUT2D eigenvalue weighted by Crippen LogP contribution is 2.45. The van der Waals surface area contributed by atoms with Crippen molar-refractivity contribution in [2.75, 3.05) is 0 Å². The predicted octanol–water partition coefficient (Wildman–Crippen LogP) is 2.73. The Morgan fingerprint density at radius 1 is 0.640 bits per heavy atom. The van der Waals surface area contributed by atoms with Crippen LogP contribution in [-0.4, -0.2) is 16.8 Å². The number of aromatic nitrogens is 1. The molecular formula is C14H5Br4N3O4. The summed E-state index contributed by atoms with van der Waals surface area (Å²) in [5.41, 5.74) is 9.39. The van der Waals surface area contributed by atoms with E-state index in [2.05, 4.69) is 68.7 Å². The van der Waals surface area contributed by atoms with Gasteiger partial charge in [0.05, 0.1) is 21.9 Å². The molecule has 0 aliphatic heterocycles. The molecule has 0 saturated heterocycles. The summed E-state index contributed by atoms with van der Waals surface area (Å²) in [5, 5.41) is 0.0940. The van der Waals surface area contributed by atoms with Gasteiger partial charge in [0.1, 0.15) is 0 Å². The van der Waals surface area contributed by atoms with Gasteiger partial charge in [-0.3, -0.25) is 24.2 Å². The third-order valence-electron chi connectivity index (χ3n) is 3.69. The van der Waals surface area contributed by atoms with Gasteiger partial charge in [0.2, 0.25) is 0 Å². The first-order valence-electron chi connectivity index (χ1n) is 6.40. The maximum absolute atomic E-state index is 12.5. The zero-order valence-corrected chi connectivity index (χ0v) is 18.1. The summed E-state index contributed by atoms with van der Waals surface area (Å²) in [6.07, 6.45) is 0. The minimum absolute atomic E-state index is 0.0130. The van der Waals surface area contributed by atoms with E-state index in [4.69, 9.17) is 11.5 Å². The van der Waals surface area contributed by atoms with Crippen LogP contribution < -0.4 is 22.6 Å². The van der Waals surface area contributed by atoms with Crippen molar-refractivity contribution >= 4 is 97.1 Å². The smallest absolute Gasteiger partial charge is 0.259 e. The van der Waals surface area contributed by atoms with Crippen LogP contribution in [0.2, 0.25) is 0 Å². The van der Waals surface area contributed by atoms with Crippen LogP contribution in [0.1, 0.15) is 20.7 Å². The zero-order valence-electron chi connectivity index (χ0n) is 11.8. The molecule has 0 spiro atoms. The molecule has 2 aromatic heterocycles. The molecule has 0 atom stereocenters. The Balaban J connectivity index is 3.01. The lowest BCUT2D eigenvalue weighted by Crippen LogP contribution is -2.18. The number of carbonyl (C=O) groups is 2. The van der Waals surface area contributed by atoms with Crippen LogP contribution in [0.3, 0.4) is 0 Å². The van der Waals surface area contributed by atoms with Crippen LogP contribution in [0, 0.1) is 0 Å². The standard InChI is InChI=1S/C14H5Br4N3O4/c15-7-3(11(19)22)1-2(4(8(7)16)12(20)23)6-10(18)9(17)5(1)13(24)21-14(6)25/h(H2,19,22)(H2,20,23)(H,21,24,25). The number of H-pyrrole nitrogens is 1. The summed E-state index contributed by atoms with van der Waals surface area (Å²) >= 11 is 12.9. The molecule has 5 N–H and O–H groups in total. The van der Waals surface area contributed by atoms with Crippen LogP contribution in [0.25, 0.3) is 21.5 Å². The van der Waals surface area contributed by atoms with Gasteiger partial charge in [-0.1, -0.05) is 0 Å². The second-order valence-electron chi connectivity index (χ2n) is 5.02. The number of primary amides is 2. The number of fused-ring (bicyclic) bond motifs is 3. The quantitative estimate of drug-likeness (QED) is 0.418. The number of nitrogens with two attached hydrogens (primary N) is 2.